The molecule has 1 N–H and O–H groups in total. The van der Waals surface area contributed by atoms with Gasteiger partial charge in [0.1, 0.15) is 5.75 Å². The maximum atomic E-state index is 13.2. The van der Waals surface area contributed by atoms with Gasteiger partial charge >= 0.3 is 6.36 Å². The van der Waals surface area contributed by atoms with Crippen LogP contribution in [-0.2, 0) is 17.1 Å². The quantitative estimate of drug-likeness (QED) is 0.688. The van der Waals surface area contributed by atoms with Crippen LogP contribution < -0.4 is 10.1 Å². The number of nitrogens with one attached hydrogen (secondary N) is 1. The average molecular weight is 473 g/mol. The van der Waals surface area contributed by atoms with Crippen molar-refractivity contribution in [2.75, 3.05) is 18.4 Å². The lowest BCUT2D eigenvalue weighted by molar-refractivity contribution is -0.274. The van der Waals surface area contributed by atoms with E-state index in [4.69, 9.17) is 0 Å². The van der Waals surface area contributed by atoms with Crippen LogP contribution >= 0.6 is 0 Å². The second-order valence-corrected chi connectivity index (χ2v) is 10.5. The van der Waals surface area contributed by atoms with Crippen LogP contribution in [0, 0.1) is 11.8 Å². The molecule has 0 spiro atoms. The molecule has 1 aliphatic heterocycles. The third kappa shape index (κ3) is 5.20. The number of rotatable bonds is 6. The van der Waals surface area contributed by atoms with E-state index in [-0.39, 0.29) is 29.3 Å². The van der Waals surface area contributed by atoms with E-state index in [1.54, 1.807) is 17.7 Å². The molecule has 0 radical (unpaired) electrons. The van der Waals surface area contributed by atoms with E-state index in [2.05, 4.69) is 15.0 Å². The molecule has 0 bridgehead atoms. The summed E-state index contributed by atoms with van der Waals surface area (Å²) in [7, 11) is -2.05. The first-order chi connectivity index (χ1) is 15.1. The van der Waals surface area contributed by atoms with Gasteiger partial charge in [0.15, 0.2) is 5.03 Å². The summed E-state index contributed by atoms with van der Waals surface area (Å²) >= 11 is 0. The molecule has 1 aromatic heterocycles. The second-order valence-electron chi connectivity index (χ2n) is 8.59. The van der Waals surface area contributed by atoms with E-state index in [0.29, 0.717) is 18.2 Å². The van der Waals surface area contributed by atoms with Crippen molar-refractivity contribution in [3.8, 4) is 5.75 Å². The molecule has 1 saturated carbocycles. The Balaban J connectivity index is 1.56. The molecule has 0 amide bonds. The molecule has 176 valence electrons. The van der Waals surface area contributed by atoms with Crippen molar-refractivity contribution in [1.29, 1.82) is 0 Å². The van der Waals surface area contributed by atoms with Crippen molar-refractivity contribution in [3.05, 3.63) is 36.8 Å². The van der Waals surface area contributed by atoms with Crippen molar-refractivity contribution in [3.63, 3.8) is 0 Å². The van der Waals surface area contributed by atoms with E-state index in [1.807, 2.05) is 0 Å². The Bertz CT molecular complexity index is 1030. The van der Waals surface area contributed by atoms with E-state index in [0.717, 1.165) is 25.7 Å². The highest BCUT2D eigenvalue weighted by Gasteiger charge is 2.43. The summed E-state index contributed by atoms with van der Waals surface area (Å²) in [5, 5.41) is 3.30. The van der Waals surface area contributed by atoms with Crippen molar-refractivity contribution >= 4 is 15.7 Å². The lowest BCUT2D eigenvalue weighted by Gasteiger charge is -2.31. The normalized spacial score (nSPS) is 23.4. The molecule has 1 aromatic carbocycles. The molecule has 2 fully saturated rings. The number of hydrogen-bond donors (Lipinski definition) is 1. The summed E-state index contributed by atoms with van der Waals surface area (Å²) in [6, 6.07) is 5.45. The summed E-state index contributed by atoms with van der Waals surface area (Å²) in [5.74, 6) is 0.105. The van der Waals surface area contributed by atoms with Gasteiger partial charge in [0, 0.05) is 44.1 Å². The summed E-state index contributed by atoms with van der Waals surface area (Å²) in [6.45, 7) is 0.588. The molecular weight excluding hydrogens is 445 g/mol. The van der Waals surface area contributed by atoms with Gasteiger partial charge in [-0.1, -0.05) is 38.2 Å². The fourth-order valence-electron chi connectivity index (χ4n) is 4.83. The summed E-state index contributed by atoms with van der Waals surface area (Å²) < 4.78 is 71.2. The maximum Gasteiger partial charge on any atom is 0.573 e. The number of aromatic nitrogens is 2. The highest BCUT2D eigenvalue weighted by Crippen LogP contribution is 2.38. The maximum absolute atomic E-state index is 13.2. The van der Waals surface area contributed by atoms with Gasteiger partial charge in [0.2, 0.25) is 0 Å². The van der Waals surface area contributed by atoms with Crippen LogP contribution in [0.15, 0.2) is 41.8 Å². The van der Waals surface area contributed by atoms with Gasteiger partial charge < -0.3 is 14.6 Å². The number of ether oxygens (including phenoxy) is 1. The Hall–Kier alpha value is -2.27. The van der Waals surface area contributed by atoms with E-state index >= 15 is 0 Å². The molecule has 2 unspecified atom stereocenters. The molecule has 32 heavy (non-hydrogen) atoms. The standard InChI is InChI=1S/C21H27F3N4O3S/c1-27-13-20(25-14-27)32(29,30)28-11-18(15-6-3-2-4-7-15)19(12-28)26-16-8-5-9-17(10-16)31-21(22,23)24/h5,8-10,13-15,18-19,26H,2-4,6-7,11-12H2,1H3. The number of imidazole rings is 1. The molecule has 7 nitrogen and oxygen atoms in total. The van der Waals surface area contributed by atoms with Crippen LogP contribution in [-0.4, -0.2) is 47.8 Å². The zero-order chi connectivity index (χ0) is 22.9. The van der Waals surface area contributed by atoms with Gasteiger partial charge in [-0.05, 0) is 24.0 Å². The smallest absolute Gasteiger partial charge is 0.406 e. The molecule has 2 aromatic rings. The van der Waals surface area contributed by atoms with Crippen LogP contribution in [0.1, 0.15) is 32.1 Å². The molecule has 4 rings (SSSR count). The Labute approximate surface area is 185 Å². The van der Waals surface area contributed by atoms with Crippen LogP contribution in [0.25, 0.3) is 0 Å². The van der Waals surface area contributed by atoms with Gasteiger partial charge in [0.25, 0.3) is 10.0 Å². The topological polar surface area (TPSA) is 76.5 Å². The first-order valence-electron chi connectivity index (χ1n) is 10.7. The van der Waals surface area contributed by atoms with Crippen LogP contribution in [0.2, 0.25) is 0 Å². The van der Waals surface area contributed by atoms with Crippen molar-refractivity contribution < 1.29 is 26.3 Å². The van der Waals surface area contributed by atoms with Crippen LogP contribution in [0.3, 0.4) is 0 Å². The Morgan fingerprint density at radius 1 is 1.16 bits per heavy atom. The monoisotopic (exact) mass is 472 g/mol. The summed E-state index contributed by atoms with van der Waals surface area (Å²) in [6.07, 6.45) is 3.59. The summed E-state index contributed by atoms with van der Waals surface area (Å²) in [4.78, 5) is 4.01. The predicted molar refractivity (Wildman–Crippen MR) is 113 cm³/mol. The number of aryl methyl sites for hydroxylation is 1. The molecule has 1 saturated heterocycles. The number of benzene rings is 1. The zero-order valence-electron chi connectivity index (χ0n) is 17.8. The van der Waals surface area contributed by atoms with Gasteiger partial charge in [-0.25, -0.2) is 13.4 Å². The lowest BCUT2D eigenvalue weighted by atomic mass is 9.78. The zero-order valence-corrected chi connectivity index (χ0v) is 18.6. The van der Waals surface area contributed by atoms with Gasteiger partial charge in [-0.3, -0.25) is 0 Å². The van der Waals surface area contributed by atoms with Crippen LogP contribution in [0.5, 0.6) is 5.75 Å². The Morgan fingerprint density at radius 2 is 1.91 bits per heavy atom. The number of alkyl halides is 3. The number of anilines is 1. The van der Waals surface area contributed by atoms with Crippen LogP contribution in [0.4, 0.5) is 18.9 Å². The van der Waals surface area contributed by atoms with Gasteiger partial charge in [0.05, 0.1) is 6.33 Å². The molecule has 2 atom stereocenters. The molecule has 1 aliphatic carbocycles. The van der Waals surface area contributed by atoms with Crippen molar-refractivity contribution in [2.45, 2.75) is 49.5 Å². The predicted octanol–water partition coefficient (Wildman–Crippen LogP) is 4.00. The number of halogens is 3. The first-order valence-corrected chi connectivity index (χ1v) is 12.2. The number of nitrogens with zero attached hydrogens (tertiary/aromatic N) is 3. The fraction of sp³-hybridized carbons (Fsp3) is 0.571. The minimum Gasteiger partial charge on any atom is -0.406 e. The summed E-state index contributed by atoms with van der Waals surface area (Å²) in [5.41, 5.74) is 0.467. The number of hydrogen-bond acceptors (Lipinski definition) is 5. The molecule has 11 heteroatoms. The molecular formula is C21H27F3N4O3S. The van der Waals surface area contributed by atoms with Gasteiger partial charge in [-0.15, -0.1) is 13.2 Å². The van der Waals surface area contributed by atoms with E-state index < -0.39 is 16.4 Å². The van der Waals surface area contributed by atoms with E-state index in [1.165, 1.54) is 41.4 Å². The highest BCUT2D eigenvalue weighted by molar-refractivity contribution is 7.89. The lowest BCUT2D eigenvalue weighted by Crippen LogP contribution is -2.34. The Kier molecular flexibility index (Phi) is 6.39. The van der Waals surface area contributed by atoms with Crippen molar-refractivity contribution in [1.82, 2.24) is 13.9 Å². The molecule has 2 heterocycles. The SMILES string of the molecule is Cn1cnc(S(=O)(=O)N2CC(Nc3cccc(OC(F)(F)F)c3)C(C3CCCCC3)C2)c1. The average Bonchev–Trinajstić information content (AvgIpc) is 3.35. The molecule has 2 aliphatic rings. The third-order valence-electron chi connectivity index (χ3n) is 6.29. The van der Waals surface area contributed by atoms with E-state index in [9.17, 15) is 21.6 Å². The minimum absolute atomic E-state index is 0.00335. The second kappa shape index (κ2) is 8.93. The van der Waals surface area contributed by atoms with Crippen molar-refractivity contribution in [2.24, 2.45) is 18.9 Å². The fourth-order valence-corrected chi connectivity index (χ4v) is 6.30. The first kappa shape index (κ1) is 22.9. The minimum atomic E-state index is -4.77. The third-order valence-corrected chi connectivity index (χ3v) is 8.01. The largest absolute Gasteiger partial charge is 0.573 e. The highest BCUT2D eigenvalue weighted by atomic mass is 32.2. The number of sulfonamides is 1. The van der Waals surface area contributed by atoms with Gasteiger partial charge in [-0.2, -0.15) is 4.31 Å². The Morgan fingerprint density at radius 3 is 2.56 bits per heavy atom.